The molecule has 23 heavy (non-hydrogen) atoms. The Labute approximate surface area is 135 Å². The highest BCUT2D eigenvalue weighted by Crippen LogP contribution is 2.17. The normalized spacial score (nSPS) is 14.6. The van der Waals surface area contributed by atoms with Crippen LogP contribution in [0.1, 0.15) is 49.4 Å². The van der Waals surface area contributed by atoms with Crippen molar-refractivity contribution in [3.05, 3.63) is 41.6 Å². The fourth-order valence-electron chi connectivity index (χ4n) is 2.25. The van der Waals surface area contributed by atoms with E-state index in [1.807, 2.05) is 6.92 Å². The summed E-state index contributed by atoms with van der Waals surface area (Å²) >= 11 is 0. The van der Waals surface area contributed by atoms with E-state index >= 15 is 0 Å². The number of Topliss-reactive ketones (excluding diaryl/α,β-unsaturated/α-hetero) is 2. The van der Waals surface area contributed by atoms with Crippen molar-refractivity contribution >= 4 is 23.2 Å². The zero-order valence-corrected chi connectivity index (χ0v) is 13.3. The van der Waals surface area contributed by atoms with Crippen LogP contribution in [0.4, 0.5) is 5.69 Å². The van der Waals surface area contributed by atoms with Crippen molar-refractivity contribution in [1.82, 2.24) is 0 Å². The standard InChI is InChI=1S/C18H21NO4/c1-2-3-11-23-18(22)13-7-9-14(10-8-13)19-12-15-16(20)5-4-6-17(15)21/h7-10,12,19H,2-6,11H2,1H3. The lowest BCUT2D eigenvalue weighted by Gasteiger charge is -2.12. The molecule has 1 aliphatic carbocycles. The maximum atomic E-state index is 11.8. The Balaban J connectivity index is 1.96. The zero-order valence-electron chi connectivity index (χ0n) is 13.3. The van der Waals surface area contributed by atoms with Crippen LogP contribution in [0.15, 0.2) is 36.0 Å². The van der Waals surface area contributed by atoms with Crippen LogP contribution >= 0.6 is 0 Å². The van der Waals surface area contributed by atoms with Crippen LogP contribution in [0, 0.1) is 0 Å². The number of anilines is 1. The minimum atomic E-state index is -0.346. The van der Waals surface area contributed by atoms with E-state index in [-0.39, 0.29) is 23.1 Å². The molecular weight excluding hydrogens is 294 g/mol. The molecule has 2 rings (SSSR count). The van der Waals surface area contributed by atoms with Crippen molar-refractivity contribution in [3.63, 3.8) is 0 Å². The first-order valence-electron chi connectivity index (χ1n) is 7.92. The summed E-state index contributed by atoms with van der Waals surface area (Å²) in [6, 6.07) is 6.73. The predicted molar refractivity (Wildman–Crippen MR) is 87.2 cm³/mol. The third-order valence-corrected chi connectivity index (χ3v) is 3.64. The van der Waals surface area contributed by atoms with Crippen LogP contribution in [-0.4, -0.2) is 24.1 Å². The molecule has 0 amide bonds. The number of nitrogens with one attached hydrogen (secondary N) is 1. The summed E-state index contributed by atoms with van der Waals surface area (Å²) in [5, 5.41) is 2.94. The Kier molecular flexibility index (Phi) is 6.09. The Morgan fingerprint density at radius 1 is 1.17 bits per heavy atom. The summed E-state index contributed by atoms with van der Waals surface area (Å²) in [7, 11) is 0. The van der Waals surface area contributed by atoms with Gasteiger partial charge in [0.15, 0.2) is 11.6 Å². The van der Waals surface area contributed by atoms with Crippen molar-refractivity contribution in [1.29, 1.82) is 0 Å². The second-order valence-corrected chi connectivity index (χ2v) is 5.47. The Morgan fingerprint density at radius 2 is 1.83 bits per heavy atom. The van der Waals surface area contributed by atoms with Crippen LogP contribution in [0.3, 0.4) is 0 Å². The van der Waals surface area contributed by atoms with Gasteiger partial charge in [-0.25, -0.2) is 4.79 Å². The number of ketones is 2. The van der Waals surface area contributed by atoms with Gasteiger partial charge in [0.1, 0.15) is 0 Å². The smallest absolute Gasteiger partial charge is 0.338 e. The SMILES string of the molecule is CCCCOC(=O)c1ccc(NC=C2C(=O)CCCC2=O)cc1. The maximum absolute atomic E-state index is 11.8. The van der Waals surface area contributed by atoms with Crippen LogP contribution in [0.25, 0.3) is 0 Å². The molecule has 0 saturated heterocycles. The van der Waals surface area contributed by atoms with Crippen molar-refractivity contribution in [2.75, 3.05) is 11.9 Å². The Morgan fingerprint density at radius 3 is 2.43 bits per heavy atom. The summed E-state index contributed by atoms with van der Waals surface area (Å²) < 4.78 is 5.13. The van der Waals surface area contributed by atoms with Crippen molar-refractivity contribution in [2.24, 2.45) is 0 Å². The minimum Gasteiger partial charge on any atom is -0.462 e. The topological polar surface area (TPSA) is 72.5 Å². The highest BCUT2D eigenvalue weighted by atomic mass is 16.5. The number of carbonyl (C=O) groups excluding carboxylic acids is 3. The van der Waals surface area contributed by atoms with Crippen molar-refractivity contribution < 1.29 is 19.1 Å². The number of allylic oxidation sites excluding steroid dienone is 1. The first kappa shape index (κ1) is 16.9. The summed E-state index contributed by atoms with van der Waals surface area (Å²) in [6.07, 6.45) is 4.75. The van der Waals surface area contributed by atoms with E-state index in [1.54, 1.807) is 24.3 Å². The number of hydrogen-bond donors (Lipinski definition) is 1. The third-order valence-electron chi connectivity index (χ3n) is 3.64. The van der Waals surface area contributed by atoms with Gasteiger partial charge in [0.2, 0.25) is 0 Å². The molecule has 0 radical (unpaired) electrons. The molecule has 1 saturated carbocycles. The molecule has 1 fully saturated rings. The van der Waals surface area contributed by atoms with Gasteiger partial charge in [0.05, 0.1) is 17.7 Å². The average Bonchev–Trinajstić information content (AvgIpc) is 2.55. The molecule has 0 bridgehead atoms. The summed E-state index contributed by atoms with van der Waals surface area (Å²) in [6.45, 7) is 2.45. The highest BCUT2D eigenvalue weighted by Gasteiger charge is 2.22. The Bertz CT molecular complexity index is 598. The molecule has 0 aromatic heterocycles. The van der Waals surface area contributed by atoms with E-state index < -0.39 is 0 Å². The predicted octanol–water partition coefficient (Wildman–Crippen LogP) is 3.26. The van der Waals surface area contributed by atoms with Crippen LogP contribution < -0.4 is 5.32 Å². The molecule has 0 atom stereocenters. The molecule has 122 valence electrons. The number of unbranched alkanes of at least 4 members (excludes halogenated alkanes) is 1. The summed E-state index contributed by atoms with van der Waals surface area (Å²) in [4.78, 5) is 35.2. The molecule has 0 heterocycles. The second-order valence-electron chi connectivity index (χ2n) is 5.47. The van der Waals surface area contributed by atoms with Gasteiger partial charge in [0, 0.05) is 24.7 Å². The molecule has 0 unspecified atom stereocenters. The molecule has 5 nitrogen and oxygen atoms in total. The highest BCUT2D eigenvalue weighted by molar-refractivity contribution is 6.21. The van der Waals surface area contributed by atoms with E-state index in [2.05, 4.69) is 5.32 Å². The van der Waals surface area contributed by atoms with Crippen molar-refractivity contribution in [2.45, 2.75) is 39.0 Å². The molecule has 1 N–H and O–H groups in total. The minimum absolute atomic E-state index is 0.120. The lowest BCUT2D eigenvalue weighted by atomic mass is 9.93. The number of carbonyl (C=O) groups is 3. The van der Waals surface area contributed by atoms with Gasteiger partial charge in [-0.15, -0.1) is 0 Å². The second kappa shape index (κ2) is 8.27. The maximum Gasteiger partial charge on any atom is 0.338 e. The van der Waals surface area contributed by atoms with Crippen LogP contribution in [0.5, 0.6) is 0 Å². The fourth-order valence-corrected chi connectivity index (χ4v) is 2.25. The lowest BCUT2D eigenvalue weighted by molar-refractivity contribution is -0.123. The number of esters is 1. The molecule has 1 aromatic carbocycles. The van der Waals surface area contributed by atoms with E-state index in [0.717, 1.165) is 12.8 Å². The lowest BCUT2D eigenvalue weighted by Crippen LogP contribution is -2.19. The monoisotopic (exact) mass is 315 g/mol. The van der Waals surface area contributed by atoms with Gasteiger partial charge in [0.25, 0.3) is 0 Å². The summed E-state index contributed by atoms with van der Waals surface area (Å²) in [5.41, 5.74) is 1.40. The van der Waals surface area contributed by atoms with Gasteiger partial charge in [-0.1, -0.05) is 13.3 Å². The molecule has 0 spiro atoms. The molecule has 1 aromatic rings. The van der Waals surface area contributed by atoms with Gasteiger partial charge in [-0.2, -0.15) is 0 Å². The van der Waals surface area contributed by atoms with E-state index in [9.17, 15) is 14.4 Å². The van der Waals surface area contributed by atoms with Gasteiger partial charge in [-0.05, 0) is 37.1 Å². The van der Waals surface area contributed by atoms with E-state index in [0.29, 0.717) is 37.1 Å². The summed E-state index contributed by atoms with van der Waals surface area (Å²) in [5.74, 6) is -0.587. The molecular formula is C18H21NO4. The quantitative estimate of drug-likeness (QED) is 0.377. The first-order valence-corrected chi connectivity index (χ1v) is 7.92. The number of benzene rings is 1. The van der Waals surface area contributed by atoms with Crippen molar-refractivity contribution in [3.8, 4) is 0 Å². The zero-order chi connectivity index (χ0) is 16.7. The molecule has 1 aliphatic rings. The largest absolute Gasteiger partial charge is 0.462 e. The Hall–Kier alpha value is -2.43. The fraction of sp³-hybridized carbons (Fsp3) is 0.389. The number of rotatable bonds is 6. The number of ether oxygens (including phenoxy) is 1. The van der Waals surface area contributed by atoms with E-state index in [1.165, 1.54) is 6.20 Å². The number of hydrogen-bond acceptors (Lipinski definition) is 5. The van der Waals surface area contributed by atoms with Gasteiger partial charge < -0.3 is 10.1 Å². The van der Waals surface area contributed by atoms with Gasteiger partial charge in [-0.3, -0.25) is 9.59 Å². The van der Waals surface area contributed by atoms with Crippen LogP contribution in [0.2, 0.25) is 0 Å². The third kappa shape index (κ3) is 4.77. The van der Waals surface area contributed by atoms with Gasteiger partial charge >= 0.3 is 5.97 Å². The van der Waals surface area contributed by atoms with E-state index in [4.69, 9.17) is 4.74 Å². The molecule has 0 aliphatic heterocycles. The van der Waals surface area contributed by atoms with Crippen LogP contribution in [-0.2, 0) is 14.3 Å². The average molecular weight is 315 g/mol. The first-order chi connectivity index (χ1) is 11.1. The molecule has 5 heteroatoms.